The monoisotopic (exact) mass is 695 g/mol. The van der Waals surface area contributed by atoms with E-state index in [1.165, 1.54) is 26.2 Å². The van der Waals surface area contributed by atoms with Crippen LogP contribution >= 0.6 is 23.2 Å². The summed E-state index contributed by atoms with van der Waals surface area (Å²) in [6.07, 6.45) is 4.85. The Kier molecular flexibility index (Phi) is 9.63. The Balaban J connectivity index is 0.000000186. The topological polar surface area (TPSA) is 152 Å². The highest BCUT2D eigenvalue weighted by Crippen LogP contribution is 2.36. The molecule has 248 valence electrons. The first-order valence-electron chi connectivity index (χ1n) is 14.3. The van der Waals surface area contributed by atoms with E-state index < -0.39 is 49.8 Å². The molecule has 2 aliphatic rings. The van der Waals surface area contributed by atoms with E-state index in [0.717, 1.165) is 31.7 Å². The van der Waals surface area contributed by atoms with Crippen LogP contribution in [0.4, 0.5) is 30.2 Å². The minimum atomic E-state index is -1.22. The first-order valence-corrected chi connectivity index (χ1v) is 15.1. The molecule has 0 atom stereocenters. The van der Waals surface area contributed by atoms with Crippen molar-refractivity contribution in [1.82, 2.24) is 18.7 Å². The van der Waals surface area contributed by atoms with Crippen molar-refractivity contribution in [3.63, 3.8) is 0 Å². The first kappa shape index (κ1) is 33.5. The van der Waals surface area contributed by atoms with E-state index in [-0.39, 0.29) is 44.8 Å². The Morgan fingerprint density at radius 3 is 1.57 bits per heavy atom. The second-order valence-corrected chi connectivity index (χ2v) is 11.4. The molecule has 4 aromatic rings. The molecule has 47 heavy (non-hydrogen) atoms. The number of hydrogen-bond donors (Lipinski definition) is 1. The van der Waals surface area contributed by atoms with Gasteiger partial charge in [0.05, 0.1) is 33.1 Å². The summed E-state index contributed by atoms with van der Waals surface area (Å²) in [5, 5.41) is 24.7. The average molecular weight is 696 g/mol. The summed E-state index contributed by atoms with van der Waals surface area (Å²) in [6, 6.07) is 3.16. The molecule has 18 heteroatoms. The summed E-state index contributed by atoms with van der Waals surface area (Å²) in [4.78, 5) is 45.1. The maximum atomic E-state index is 14.6. The van der Waals surface area contributed by atoms with Crippen LogP contribution in [0.1, 0.15) is 25.7 Å². The fraction of sp³-hybridized carbons (Fsp3) is 0.310. The lowest BCUT2D eigenvalue weighted by Gasteiger charge is -2.17. The molecule has 0 unspecified atom stereocenters. The van der Waals surface area contributed by atoms with E-state index in [9.17, 15) is 43.0 Å². The molecule has 0 fully saturated rings. The van der Waals surface area contributed by atoms with E-state index in [1.54, 1.807) is 4.68 Å². The lowest BCUT2D eigenvalue weighted by atomic mass is 10.1. The number of benzene rings is 2. The molecule has 6 rings (SSSR count). The van der Waals surface area contributed by atoms with Gasteiger partial charge in [0.2, 0.25) is 5.82 Å². The zero-order valence-electron chi connectivity index (χ0n) is 24.5. The van der Waals surface area contributed by atoms with Gasteiger partial charge in [0.25, 0.3) is 16.8 Å². The van der Waals surface area contributed by atoms with Crippen molar-refractivity contribution < 1.29 is 23.0 Å². The molecule has 0 radical (unpaired) electrons. The van der Waals surface area contributed by atoms with Crippen LogP contribution in [0, 0.1) is 37.7 Å². The first-order chi connectivity index (χ1) is 22.4. The fourth-order valence-electron chi connectivity index (χ4n) is 5.60. The predicted octanol–water partition coefficient (Wildman–Crippen LogP) is 6.36. The van der Waals surface area contributed by atoms with E-state index >= 15 is 0 Å². The molecule has 0 spiro atoms. The average Bonchev–Trinajstić information content (AvgIpc) is 3.45. The molecule has 2 aromatic heterocycles. The van der Waals surface area contributed by atoms with Crippen molar-refractivity contribution in [1.29, 1.82) is 0 Å². The Labute approximate surface area is 273 Å². The van der Waals surface area contributed by atoms with Crippen LogP contribution < -0.4 is 16.4 Å². The second kappa shape index (κ2) is 13.5. The smallest absolute Gasteiger partial charge is 0.307 e. The van der Waals surface area contributed by atoms with E-state index in [2.05, 4.69) is 11.9 Å². The zero-order chi connectivity index (χ0) is 34.2. The van der Waals surface area contributed by atoms with E-state index in [1.807, 2.05) is 0 Å². The molecular weight excluding hydrogens is 670 g/mol. The quantitative estimate of drug-likeness (QED) is 0.134. The number of anilines is 1. The van der Waals surface area contributed by atoms with Gasteiger partial charge in [0.15, 0.2) is 0 Å². The molecular formula is C29H26Cl2F3N7O6. The standard InChI is InChI=1S/C16H16ClFN4O3.C13H10ClF2N3O3/c1-2-5-19-12-8-10(11(18)9-13(12)22(24)25)14-15(17)20-6-3-4-7-21(20)16(14)23;14-12-11(13(20)18-4-2-1-3-17(12)18)7-5-9(16)10(19(21)22)6-8(7)15/h2,8-9,19H,1,3-7H2;5-6H,1-4H2. The summed E-state index contributed by atoms with van der Waals surface area (Å²) in [6.45, 7) is 5.82. The summed E-state index contributed by atoms with van der Waals surface area (Å²) in [5.74, 6) is -3.14. The highest BCUT2D eigenvalue weighted by atomic mass is 35.5. The van der Waals surface area contributed by atoms with Gasteiger partial charge in [0, 0.05) is 43.9 Å². The Hall–Kier alpha value is -4.83. The minimum absolute atomic E-state index is 0.0110. The van der Waals surface area contributed by atoms with Gasteiger partial charge in [-0.2, -0.15) is 4.39 Å². The molecule has 0 saturated heterocycles. The fourth-order valence-corrected chi connectivity index (χ4v) is 6.32. The Morgan fingerprint density at radius 1 is 0.723 bits per heavy atom. The minimum Gasteiger partial charge on any atom is -0.376 e. The summed E-state index contributed by atoms with van der Waals surface area (Å²) < 4.78 is 48.4. The molecule has 0 saturated carbocycles. The maximum absolute atomic E-state index is 14.6. The third kappa shape index (κ3) is 6.17. The van der Waals surface area contributed by atoms with E-state index in [0.29, 0.717) is 38.3 Å². The normalized spacial score (nSPS) is 13.6. The van der Waals surface area contributed by atoms with Gasteiger partial charge < -0.3 is 5.32 Å². The molecule has 0 amide bonds. The number of nitrogens with one attached hydrogen (secondary N) is 1. The lowest BCUT2D eigenvalue weighted by molar-refractivity contribution is -0.387. The van der Waals surface area contributed by atoms with Gasteiger partial charge in [-0.25, -0.2) is 18.1 Å². The van der Waals surface area contributed by atoms with Crippen molar-refractivity contribution in [2.75, 3.05) is 11.9 Å². The van der Waals surface area contributed by atoms with Gasteiger partial charge in [-0.15, -0.1) is 6.58 Å². The second-order valence-electron chi connectivity index (χ2n) is 10.7. The number of halogens is 5. The SMILES string of the molecule is C=CCNc1cc(-c2c(Cl)n3n(c2=O)CCCC3)c(F)cc1[N+](=O)[O-].O=c1c(-c2cc(F)c([N+](=O)[O-])cc2F)c(Cl)n2n1CCCC2. The highest BCUT2D eigenvalue weighted by molar-refractivity contribution is 6.32. The number of rotatable bonds is 7. The number of fused-ring (bicyclic) bond motifs is 2. The molecule has 0 bridgehead atoms. The number of aromatic nitrogens is 4. The summed E-state index contributed by atoms with van der Waals surface area (Å²) in [7, 11) is 0. The Morgan fingerprint density at radius 2 is 1.15 bits per heavy atom. The number of hydrogen-bond acceptors (Lipinski definition) is 7. The van der Waals surface area contributed by atoms with Crippen LogP contribution in [0.25, 0.3) is 22.3 Å². The molecule has 13 nitrogen and oxygen atoms in total. The molecule has 2 aliphatic heterocycles. The van der Waals surface area contributed by atoms with Crippen LogP contribution in [0.5, 0.6) is 0 Å². The summed E-state index contributed by atoms with van der Waals surface area (Å²) in [5.41, 5.74) is -2.79. The van der Waals surface area contributed by atoms with Crippen molar-refractivity contribution in [3.8, 4) is 22.3 Å². The molecule has 1 N–H and O–H groups in total. The maximum Gasteiger partial charge on any atom is 0.307 e. The third-order valence-corrected chi connectivity index (χ3v) is 8.58. The van der Waals surface area contributed by atoms with Crippen LogP contribution in [-0.4, -0.2) is 35.1 Å². The van der Waals surface area contributed by atoms with E-state index in [4.69, 9.17) is 23.2 Å². The van der Waals surface area contributed by atoms with Gasteiger partial charge in [-0.05, 0) is 37.8 Å². The van der Waals surface area contributed by atoms with Gasteiger partial charge in [-0.3, -0.25) is 39.2 Å². The van der Waals surface area contributed by atoms with Crippen LogP contribution in [0.15, 0.2) is 46.5 Å². The van der Waals surface area contributed by atoms with Gasteiger partial charge in [0.1, 0.15) is 27.6 Å². The van der Waals surface area contributed by atoms with Crippen molar-refractivity contribution in [3.05, 3.63) is 106 Å². The Bertz CT molecular complexity index is 2050. The van der Waals surface area contributed by atoms with Crippen LogP contribution in [0.3, 0.4) is 0 Å². The third-order valence-electron chi connectivity index (χ3n) is 7.82. The number of nitro benzene ring substituents is 2. The molecule has 2 aromatic carbocycles. The van der Waals surface area contributed by atoms with Crippen LogP contribution in [0.2, 0.25) is 10.3 Å². The number of nitro groups is 2. The predicted molar refractivity (Wildman–Crippen MR) is 169 cm³/mol. The van der Waals surface area contributed by atoms with Crippen molar-refractivity contribution in [2.24, 2.45) is 0 Å². The van der Waals surface area contributed by atoms with Gasteiger partial charge >= 0.3 is 5.69 Å². The van der Waals surface area contributed by atoms with Gasteiger partial charge in [-0.1, -0.05) is 29.3 Å². The van der Waals surface area contributed by atoms with Crippen molar-refractivity contribution >= 4 is 40.3 Å². The van der Waals surface area contributed by atoms with Crippen LogP contribution in [-0.2, 0) is 26.2 Å². The molecule has 4 heterocycles. The highest BCUT2D eigenvalue weighted by Gasteiger charge is 2.28. The number of nitrogens with zero attached hydrogens (tertiary/aromatic N) is 6. The molecule has 0 aliphatic carbocycles. The lowest BCUT2D eigenvalue weighted by Crippen LogP contribution is -2.27. The van der Waals surface area contributed by atoms with Crippen molar-refractivity contribution in [2.45, 2.75) is 51.9 Å². The zero-order valence-corrected chi connectivity index (χ0v) is 26.0. The largest absolute Gasteiger partial charge is 0.376 e. The summed E-state index contributed by atoms with van der Waals surface area (Å²) >= 11 is 12.4.